The zero-order chi connectivity index (χ0) is 13.5. The number of hydrogen-bond donors (Lipinski definition) is 2. The van der Waals surface area contributed by atoms with Crippen LogP contribution in [0.1, 0.15) is 32.8 Å². The Bertz CT molecular complexity index is 364. The molecule has 0 spiro atoms. The molecular formula is C15H24N2O. The lowest BCUT2D eigenvalue weighted by Gasteiger charge is -2.22. The van der Waals surface area contributed by atoms with Gasteiger partial charge in [-0.1, -0.05) is 50.6 Å². The average molecular weight is 248 g/mol. The van der Waals surface area contributed by atoms with Gasteiger partial charge in [0, 0.05) is 6.04 Å². The lowest BCUT2D eigenvalue weighted by atomic mass is 10.00. The van der Waals surface area contributed by atoms with E-state index in [1.807, 2.05) is 37.3 Å². The van der Waals surface area contributed by atoms with Crippen LogP contribution in [0.2, 0.25) is 0 Å². The van der Waals surface area contributed by atoms with Gasteiger partial charge in [-0.25, -0.2) is 0 Å². The van der Waals surface area contributed by atoms with Gasteiger partial charge in [0.1, 0.15) is 0 Å². The summed E-state index contributed by atoms with van der Waals surface area (Å²) in [5, 5.41) is 2.99. The van der Waals surface area contributed by atoms with Crippen LogP contribution >= 0.6 is 0 Å². The Morgan fingerprint density at radius 1 is 1.28 bits per heavy atom. The minimum atomic E-state index is -0.473. The van der Waals surface area contributed by atoms with Crippen molar-refractivity contribution in [2.75, 3.05) is 0 Å². The van der Waals surface area contributed by atoms with Gasteiger partial charge in [-0.05, 0) is 24.8 Å². The molecule has 0 radical (unpaired) electrons. The fourth-order valence-electron chi connectivity index (χ4n) is 1.79. The molecule has 1 amide bonds. The molecule has 100 valence electrons. The molecule has 0 saturated heterocycles. The van der Waals surface area contributed by atoms with Gasteiger partial charge < -0.3 is 11.1 Å². The lowest BCUT2D eigenvalue weighted by molar-refractivity contribution is -0.123. The number of rotatable bonds is 6. The molecule has 0 aliphatic rings. The summed E-state index contributed by atoms with van der Waals surface area (Å²) in [6.07, 6.45) is 1.63. The predicted octanol–water partition coefficient (Wildman–Crippen LogP) is 2.11. The van der Waals surface area contributed by atoms with Crippen LogP contribution in [0.4, 0.5) is 0 Å². The van der Waals surface area contributed by atoms with Gasteiger partial charge in [-0.15, -0.1) is 0 Å². The highest BCUT2D eigenvalue weighted by atomic mass is 16.2. The third-order valence-electron chi connectivity index (χ3n) is 3.50. The van der Waals surface area contributed by atoms with E-state index in [9.17, 15) is 4.79 Å². The maximum atomic E-state index is 11.9. The van der Waals surface area contributed by atoms with Gasteiger partial charge >= 0.3 is 0 Å². The number of carbonyl (C=O) groups excluding carboxylic acids is 1. The first-order valence-corrected chi connectivity index (χ1v) is 6.64. The maximum absolute atomic E-state index is 11.9. The van der Waals surface area contributed by atoms with Crippen molar-refractivity contribution in [2.45, 2.75) is 45.7 Å². The van der Waals surface area contributed by atoms with Gasteiger partial charge in [-0.3, -0.25) is 4.79 Å². The van der Waals surface area contributed by atoms with Crippen molar-refractivity contribution in [2.24, 2.45) is 11.7 Å². The third-order valence-corrected chi connectivity index (χ3v) is 3.50. The van der Waals surface area contributed by atoms with Gasteiger partial charge in [0.25, 0.3) is 0 Å². The molecule has 0 aliphatic carbocycles. The Labute approximate surface area is 110 Å². The Morgan fingerprint density at radius 3 is 2.44 bits per heavy atom. The van der Waals surface area contributed by atoms with Crippen molar-refractivity contribution in [1.82, 2.24) is 5.32 Å². The van der Waals surface area contributed by atoms with Crippen LogP contribution in [-0.2, 0) is 11.2 Å². The van der Waals surface area contributed by atoms with E-state index in [1.54, 1.807) is 0 Å². The van der Waals surface area contributed by atoms with Crippen LogP contribution < -0.4 is 11.1 Å². The SMILES string of the molecule is CCC(C)C(C)NC(=O)C(N)Cc1ccccc1. The molecule has 3 N–H and O–H groups in total. The normalized spacial score (nSPS) is 15.8. The Kier molecular flexibility index (Phi) is 5.86. The summed E-state index contributed by atoms with van der Waals surface area (Å²) in [5.41, 5.74) is 7.02. The fraction of sp³-hybridized carbons (Fsp3) is 0.533. The molecule has 0 aliphatic heterocycles. The molecule has 1 aromatic rings. The third kappa shape index (κ3) is 4.49. The minimum Gasteiger partial charge on any atom is -0.352 e. The van der Waals surface area contributed by atoms with Crippen molar-refractivity contribution in [3.63, 3.8) is 0 Å². The largest absolute Gasteiger partial charge is 0.352 e. The van der Waals surface area contributed by atoms with Gasteiger partial charge in [0.05, 0.1) is 6.04 Å². The molecule has 3 atom stereocenters. The highest BCUT2D eigenvalue weighted by Crippen LogP contribution is 2.07. The highest BCUT2D eigenvalue weighted by Gasteiger charge is 2.18. The van der Waals surface area contributed by atoms with Gasteiger partial charge in [-0.2, -0.15) is 0 Å². The second-order valence-electron chi connectivity index (χ2n) is 4.98. The average Bonchev–Trinajstić information content (AvgIpc) is 2.38. The molecule has 0 fully saturated rings. The van der Waals surface area contributed by atoms with E-state index in [2.05, 4.69) is 19.2 Å². The molecule has 1 rings (SSSR count). The van der Waals surface area contributed by atoms with E-state index in [1.165, 1.54) is 0 Å². The minimum absolute atomic E-state index is 0.0633. The molecule has 3 heteroatoms. The van der Waals surface area contributed by atoms with Crippen molar-refractivity contribution >= 4 is 5.91 Å². The van der Waals surface area contributed by atoms with Crippen LogP contribution in [0.15, 0.2) is 30.3 Å². The second-order valence-corrected chi connectivity index (χ2v) is 4.98. The highest BCUT2D eigenvalue weighted by molar-refractivity contribution is 5.82. The number of benzene rings is 1. The number of hydrogen-bond acceptors (Lipinski definition) is 2. The van der Waals surface area contributed by atoms with Crippen LogP contribution in [0.25, 0.3) is 0 Å². The number of nitrogens with two attached hydrogens (primary N) is 1. The maximum Gasteiger partial charge on any atom is 0.237 e. The summed E-state index contributed by atoms with van der Waals surface area (Å²) >= 11 is 0. The monoisotopic (exact) mass is 248 g/mol. The fourth-order valence-corrected chi connectivity index (χ4v) is 1.79. The summed E-state index contributed by atoms with van der Waals surface area (Å²) in [4.78, 5) is 11.9. The molecule has 3 unspecified atom stereocenters. The number of nitrogens with one attached hydrogen (secondary N) is 1. The molecule has 0 heterocycles. The van der Waals surface area contributed by atoms with E-state index in [4.69, 9.17) is 5.73 Å². The first-order chi connectivity index (χ1) is 8.54. The first-order valence-electron chi connectivity index (χ1n) is 6.64. The van der Waals surface area contributed by atoms with Crippen molar-refractivity contribution < 1.29 is 4.79 Å². The quantitative estimate of drug-likeness (QED) is 0.810. The molecule has 0 saturated carbocycles. The van der Waals surface area contributed by atoms with E-state index in [0.717, 1.165) is 12.0 Å². The summed E-state index contributed by atoms with van der Waals surface area (Å²) in [6.45, 7) is 6.28. The second kappa shape index (κ2) is 7.17. The zero-order valence-electron chi connectivity index (χ0n) is 11.5. The Morgan fingerprint density at radius 2 is 1.89 bits per heavy atom. The van der Waals surface area contributed by atoms with Gasteiger partial charge in [0.15, 0.2) is 0 Å². The summed E-state index contributed by atoms with van der Waals surface area (Å²) < 4.78 is 0. The predicted molar refractivity (Wildman–Crippen MR) is 75.2 cm³/mol. The van der Waals surface area contributed by atoms with Crippen molar-refractivity contribution in [3.05, 3.63) is 35.9 Å². The van der Waals surface area contributed by atoms with Crippen LogP contribution in [0, 0.1) is 5.92 Å². The van der Waals surface area contributed by atoms with Crippen molar-refractivity contribution in [1.29, 1.82) is 0 Å². The van der Waals surface area contributed by atoms with Crippen LogP contribution in [-0.4, -0.2) is 18.0 Å². The first kappa shape index (κ1) is 14.7. The molecular weight excluding hydrogens is 224 g/mol. The van der Waals surface area contributed by atoms with E-state index in [-0.39, 0.29) is 11.9 Å². The molecule has 1 aromatic carbocycles. The number of amides is 1. The summed E-state index contributed by atoms with van der Waals surface area (Å²) in [6, 6.07) is 9.56. The standard InChI is InChI=1S/C15H24N2O/c1-4-11(2)12(3)17-15(18)14(16)10-13-8-6-5-7-9-13/h5-9,11-12,14H,4,10,16H2,1-3H3,(H,17,18). The number of carbonyl (C=O) groups is 1. The van der Waals surface area contributed by atoms with Crippen LogP contribution in [0.5, 0.6) is 0 Å². The smallest absolute Gasteiger partial charge is 0.237 e. The molecule has 0 bridgehead atoms. The van der Waals surface area contributed by atoms with E-state index in [0.29, 0.717) is 12.3 Å². The summed E-state index contributed by atoms with van der Waals surface area (Å²) in [5.74, 6) is 0.407. The Balaban J connectivity index is 2.47. The van der Waals surface area contributed by atoms with Gasteiger partial charge in [0.2, 0.25) is 5.91 Å². The topological polar surface area (TPSA) is 55.1 Å². The Hall–Kier alpha value is -1.35. The zero-order valence-corrected chi connectivity index (χ0v) is 11.5. The summed E-state index contributed by atoms with van der Waals surface area (Å²) in [7, 11) is 0. The molecule has 18 heavy (non-hydrogen) atoms. The van der Waals surface area contributed by atoms with E-state index < -0.39 is 6.04 Å². The van der Waals surface area contributed by atoms with Crippen molar-refractivity contribution in [3.8, 4) is 0 Å². The lowest BCUT2D eigenvalue weighted by Crippen LogP contribution is -2.47. The molecule has 0 aromatic heterocycles. The van der Waals surface area contributed by atoms with E-state index >= 15 is 0 Å². The molecule has 3 nitrogen and oxygen atoms in total. The van der Waals surface area contributed by atoms with Crippen LogP contribution in [0.3, 0.4) is 0 Å².